The van der Waals surface area contributed by atoms with Crippen molar-refractivity contribution in [1.29, 1.82) is 0 Å². The average Bonchev–Trinajstić information content (AvgIpc) is 2.97. The van der Waals surface area contributed by atoms with Gasteiger partial charge in [0.15, 0.2) is 5.65 Å². The molecule has 108 valence electrons. The van der Waals surface area contributed by atoms with Crippen LogP contribution in [0.4, 0.5) is 5.95 Å². The summed E-state index contributed by atoms with van der Waals surface area (Å²) < 4.78 is 2.87. The lowest BCUT2D eigenvalue weighted by atomic mass is 10.2. The molecule has 1 saturated heterocycles. The van der Waals surface area contributed by atoms with Crippen LogP contribution < -0.4 is 4.90 Å². The summed E-state index contributed by atoms with van der Waals surface area (Å²) in [6.45, 7) is 3.99. The van der Waals surface area contributed by atoms with E-state index in [1.54, 1.807) is 6.33 Å². The van der Waals surface area contributed by atoms with E-state index in [1.807, 2.05) is 22.7 Å². The zero-order valence-electron chi connectivity index (χ0n) is 11.7. The second-order valence-electron chi connectivity index (χ2n) is 5.36. The molecule has 3 heterocycles. The Labute approximate surface area is 130 Å². The molecule has 2 aromatic heterocycles. The van der Waals surface area contributed by atoms with Gasteiger partial charge in [-0.3, -0.25) is 0 Å². The lowest BCUT2D eigenvalue weighted by Gasteiger charge is -2.33. The number of hydrogen-bond acceptors (Lipinski definition) is 5. The first kappa shape index (κ1) is 13.0. The van der Waals surface area contributed by atoms with Gasteiger partial charge in [0.2, 0.25) is 5.95 Å². The third-order valence-corrected chi connectivity index (χ3v) is 4.44. The van der Waals surface area contributed by atoms with Crippen LogP contribution in [0, 0.1) is 0 Å². The number of rotatable bonds is 1. The Hall–Kier alpha value is -1.73. The fraction of sp³-hybridized carbons (Fsp3) is 0.357. The van der Waals surface area contributed by atoms with Gasteiger partial charge in [-0.15, -0.1) is 0 Å². The van der Waals surface area contributed by atoms with Crippen LogP contribution in [0.25, 0.3) is 16.6 Å². The fourth-order valence-corrected chi connectivity index (χ4v) is 3.08. The molecule has 0 radical (unpaired) electrons. The lowest BCUT2D eigenvalue weighted by Crippen LogP contribution is -2.45. The molecule has 1 aliphatic heterocycles. The Morgan fingerprint density at radius 1 is 1.14 bits per heavy atom. The third-order valence-electron chi connectivity index (χ3n) is 3.94. The average molecular weight is 347 g/mol. The van der Waals surface area contributed by atoms with Crippen molar-refractivity contribution >= 4 is 38.4 Å². The first-order valence-corrected chi connectivity index (χ1v) is 7.74. The number of likely N-dealkylation sites (N-methyl/N-ethyl adjacent to an activating group) is 1. The molecule has 1 aliphatic rings. The summed E-state index contributed by atoms with van der Waals surface area (Å²) in [4.78, 5) is 13.8. The maximum atomic E-state index is 4.81. The monoisotopic (exact) mass is 346 g/mol. The van der Waals surface area contributed by atoms with Crippen molar-refractivity contribution in [2.24, 2.45) is 0 Å². The maximum absolute atomic E-state index is 4.81. The second-order valence-corrected chi connectivity index (χ2v) is 6.27. The zero-order valence-corrected chi connectivity index (χ0v) is 13.3. The molecular weight excluding hydrogens is 332 g/mol. The van der Waals surface area contributed by atoms with Gasteiger partial charge in [-0.25, -0.2) is 9.97 Å². The van der Waals surface area contributed by atoms with Crippen LogP contribution in [-0.4, -0.2) is 57.7 Å². The summed E-state index contributed by atoms with van der Waals surface area (Å²) in [6.07, 6.45) is 1.59. The van der Waals surface area contributed by atoms with Crippen molar-refractivity contribution < 1.29 is 0 Å². The van der Waals surface area contributed by atoms with Gasteiger partial charge in [0.1, 0.15) is 6.33 Å². The van der Waals surface area contributed by atoms with Crippen LogP contribution in [0.5, 0.6) is 0 Å². The molecule has 0 saturated carbocycles. The molecule has 1 aromatic carbocycles. The van der Waals surface area contributed by atoms with E-state index in [0.717, 1.165) is 53.2 Å². The van der Waals surface area contributed by atoms with Gasteiger partial charge < -0.3 is 9.80 Å². The molecule has 21 heavy (non-hydrogen) atoms. The van der Waals surface area contributed by atoms with Crippen LogP contribution in [0.1, 0.15) is 0 Å². The van der Waals surface area contributed by atoms with Gasteiger partial charge in [0.05, 0.1) is 5.52 Å². The highest BCUT2D eigenvalue weighted by atomic mass is 79.9. The number of nitrogens with zero attached hydrogens (tertiary/aromatic N) is 6. The van der Waals surface area contributed by atoms with Crippen LogP contribution in [0.3, 0.4) is 0 Å². The maximum Gasteiger partial charge on any atom is 0.229 e. The molecule has 0 aliphatic carbocycles. The molecule has 0 amide bonds. The highest BCUT2D eigenvalue weighted by Crippen LogP contribution is 2.25. The van der Waals surface area contributed by atoms with Gasteiger partial charge in [-0.05, 0) is 25.2 Å². The van der Waals surface area contributed by atoms with Crippen molar-refractivity contribution in [2.75, 3.05) is 38.1 Å². The minimum atomic E-state index is 0.857. The van der Waals surface area contributed by atoms with Crippen LogP contribution in [0.15, 0.2) is 29.0 Å². The van der Waals surface area contributed by atoms with Gasteiger partial charge in [-0.1, -0.05) is 15.9 Å². The molecule has 7 heteroatoms. The molecule has 0 spiro atoms. The molecule has 0 N–H and O–H groups in total. The predicted octanol–water partition coefficient (Wildman–Crippen LogP) is 1.79. The topological polar surface area (TPSA) is 49.6 Å². The van der Waals surface area contributed by atoms with Crippen LogP contribution >= 0.6 is 15.9 Å². The van der Waals surface area contributed by atoms with Crippen LogP contribution in [-0.2, 0) is 0 Å². The molecule has 4 rings (SSSR count). The number of anilines is 1. The lowest BCUT2D eigenvalue weighted by molar-refractivity contribution is 0.310. The Kier molecular flexibility index (Phi) is 3.04. The second kappa shape index (κ2) is 4.92. The normalized spacial score (nSPS) is 17.0. The largest absolute Gasteiger partial charge is 0.338 e. The standard InChI is InChI=1S/C14H15BrN6/c1-19-4-6-20(7-5-19)14-18-12-3-2-10(15)8-11(12)13-16-9-17-21(13)14/h2-3,8-9H,4-7H2,1H3. The summed E-state index contributed by atoms with van der Waals surface area (Å²) in [6, 6.07) is 6.07. The predicted molar refractivity (Wildman–Crippen MR) is 85.7 cm³/mol. The van der Waals surface area contributed by atoms with Gasteiger partial charge in [0, 0.05) is 36.0 Å². The van der Waals surface area contributed by atoms with Crippen molar-refractivity contribution in [3.05, 3.63) is 29.0 Å². The smallest absolute Gasteiger partial charge is 0.229 e. The van der Waals surface area contributed by atoms with Gasteiger partial charge in [0.25, 0.3) is 0 Å². The molecule has 0 bridgehead atoms. The fourth-order valence-electron chi connectivity index (χ4n) is 2.72. The van der Waals surface area contributed by atoms with Gasteiger partial charge in [-0.2, -0.15) is 9.61 Å². The number of fused-ring (bicyclic) bond motifs is 3. The molecule has 0 atom stereocenters. The van der Waals surface area contributed by atoms with E-state index in [1.165, 1.54) is 0 Å². The van der Waals surface area contributed by atoms with E-state index in [4.69, 9.17) is 4.98 Å². The number of aromatic nitrogens is 4. The van der Waals surface area contributed by atoms with E-state index < -0.39 is 0 Å². The van der Waals surface area contributed by atoms with E-state index in [0.29, 0.717) is 0 Å². The molecule has 1 fully saturated rings. The highest BCUT2D eigenvalue weighted by molar-refractivity contribution is 9.10. The first-order valence-electron chi connectivity index (χ1n) is 6.95. The van der Waals surface area contributed by atoms with Gasteiger partial charge >= 0.3 is 0 Å². The quantitative estimate of drug-likeness (QED) is 0.672. The summed E-state index contributed by atoms with van der Waals surface area (Å²) in [5.41, 5.74) is 1.81. The van der Waals surface area contributed by atoms with E-state index in [-0.39, 0.29) is 0 Å². The molecular formula is C14H15BrN6. The molecule has 6 nitrogen and oxygen atoms in total. The Bertz CT molecular complexity index is 806. The number of piperazine rings is 1. The third kappa shape index (κ3) is 2.16. The summed E-state index contributed by atoms with van der Waals surface area (Å²) in [5, 5.41) is 5.38. The van der Waals surface area contributed by atoms with Crippen molar-refractivity contribution in [1.82, 2.24) is 24.5 Å². The summed E-state index contributed by atoms with van der Waals surface area (Å²) >= 11 is 3.51. The van der Waals surface area contributed by atoms with E-state index in [9.17, 15) is 0 Å². The Morgan fingerprint density at radius 3 is 2.76 bits per heavy atom. The summed E-state index contributed by atoms with van der Waals surface area (Å²) in [5.74, 6) is 0.880. The van der Waals surface area contributed by atoms with Crippen molar-refractivity contribution in [3.63, 3.8) is 0 Å². The Morgan fingerprint density at radius 2 is 1.95 bits per heavy atom. The van der Waals surface area contributed by atoms with Crippen LogP contribution in [0.2, 0.25) is 0 Å². The molecule has 3 aromatic rings. The summed E-state index contributed by atoms with van der Waals surface area (Å²) in [7, 11) is 2.15. The van der Waals surface area contributed by atoms with E-state index >= 15 is 0 Å². The Balaban J connectivity index is 1.91. The van der Waals surface area contributed by atoms with Crippen molar-refractivity contribution in [2.45, 2.75) is 0 Å². The SMILES string of the molecule is CN1CCN(c2nc3ccc(Br)cc3c3ncnn23)CC1. The number of hydrogen-bond donors (Lipinski definition) is 0. The first-order chi connectivity index (χ1) is 10.2. The molecule has 0 unspecified atom stereocenters. The number of halogens is 1. The minimum Gasteiger partial charge on any atom is -0.338 e. The number of benzene rings is 1. The van der Waals surface area contributed by atoms with Crippen molar-refractivity contribution in [3.8, 4) is 0 Å². The van der Waals surface area contributed by atoms with E-state index in [2.05, 4.69) is 42.9 Å². The highest BCUT2D eigenvalue weighted by Gasteiger charge is 2.20. The minimum absolute atomic E-state index is 0.857. The zero-order chi connectivity index (χ0) is 14.4.